The Bertz CT molecular complexity index is 1110. The summed E-state index contributed by atoms with van der Waals surface area (Å²) in [6.07, 6.45) is -0.00514. The number of fused-ring (bicyclic) bond motifs is 1. The summed E-state index contributed by atoms with van der Waals surface area (Å²) in [4.78, 5) is 31.9. The SMILES string of the molecule is CC(=O)C(CC(=O)N(C)C(c1ccccc1)c1ccccc1)c1nc2ccccc2o1. The van der Waals surface area contributed by atoms with Crippen LogP contribution >= 0.6 is 0 Å². The topological polar surface area (TPSA) is 63.4 Å². The standard InChI is InChI=1S/C26H24N2O3/c1-18(29)21(26-27-22-15-9-10-16-23(22)31-26)17-24(30)28(2)25(19-11-5-3-6-12-19)20-13-7-4-8-14-20/h3-16,21,25H,17H2,1-2H3. The lowest BCUT2D eigenvalue weighted by Crippen LogP contribution is -2.33. The van der Waals surface area contributed by atoms with E-state index < -0.39 is 5.92 Å². The maximum atomic E-state index is 13.3. The Hall–Kier alpha value is -3.73. The van der Waals surface area contributed by atoms with Gasteiger partial charge in [-0.1, -0.05) is 72.8 Å². The van der Waals surface area contributed by atoms with Gasteiger partial charge >= 0.3 is 0 Å². The number of carbonyl (C=O) groups excluding carboxylic acids is 2. The van der Waals surface area contributed by atoms with Crippen LogP contribution in [0, 0.1) is 0 Å². The summed E-state index contributed by atoms with van der Waals surface area (Å²) in [6.45, 7) is 1.47. The molecule has 4 aromatic rings. The first kappa shape index (κ1) is 20.5. The lowest BCUT2D eigenvalue weighted by atomic mass is 9.95. The highest BCUT2D eigenvalue weighted by atomic mass is 16.3. The average Bonchev–Trinajstić information content (AvgIpc) is 3.22. The maximum absolute atomic E-state index is 13.3. The number of aromatic nitrogens is 1. The zero-order valence-corrected chi connectivity index (χ0v) is 17.6. The van der Waals surface area contributed by atoms with Crippen molar-refractivity contribution >= 4 is 22.8 Å². The molecule has 0 bridgehead atoms. The lowest BCUT2D eigenvalue weighted by Gasteiger charge is -2.30. The Labute approximate surface area is 181 Å². The number of hydrogen-bond donors (Lipinski definition) is 0. The second kappa shape index (κ2) is 8.96. The molecule has 0 aliphatic rings. The van der Waals surface area contributed by atoms with Gasteiger partial charge in [-0.05, 0) is 30.2 Å². The van der Waals surface area contributed by atoms with Gasteiger partial charge < -0.3 is 9.32 Å². The normalized spacial score (nSPS) is 12.1. The quantitative estimate of drug-likeness (QED) is 0.422. The fourth-order valence-corrected chi connectivity index (χ4v) is 3.82. The lowest BCUT2D eigenvalue weighted by molar-refractivity contribution is -0.134. The first-order chi connectivity index (χ1) is 15.0. The summed E-state index contributed by atoms with van der Waals surface area (Å²) in [6, 6.07) is 26.8. The largest absolute Gasteiger partial charge is 0.440 e. The number of amides is 1. The smallest absolute Gasteiger partial charge is 0.224 e. The third kappa shape index (κ3) is 4.40. The minimum atomic E-state index is -0.727. The second-order valence-electron chi connectivity index (χ2n) is 7.62. The molecule has 0 saturated carbocycles. The number of benzene rings is 3. The van der Waals surface area contributed by atoms with Gasteiger partial charge in [0.05, 0.1) is 6.04 Å². The molecule has 0 spiro atoms. The van der Waals surface area contributed by atoms with Gasteiger partial charge in [-0.15, -0.1) is 0 Å². The number of hydrogen-bond acceptors (Lipinski definition) is 4. The highest BCUT2D eigenvalue weighted by Crippen LogP contribution is 2.31. The minimum Gasteiger partial charge on any atom is -0.440 e. The van der Waals surface area contributed by atoms with Crippen molar-refractivity contribution in [1.29, 1.82) is 0 Å². The molecule has 31 heavy (non-hydrogen) atoms. The molecular weight excluding hydrogens is 388 g/mol. The van der Waals surface area contributed by atoms with E-state index in [1.165, 1.54) is 6.92 Å². The van der Waals surface area contributed by atoms with E-state index in [9.17, 15) is 9.59 Å². The Morgan fingerprint density at radius 3 is 1.97 bits per heavy atom. The Kier molecular flexibility index (Phi) is 5.94. The van der Waals surface area contributed by atoms with Crippen molar-refractivity contribution in [2.45, 2.75) is 25.3 Å². The highest BCUT2D eigenvalue weighted by molar-refractivity contribution is 5.89. The molecule has 3 aromatic carbocycles. The number of carbonyl (C=O) groups is 2. The fourth-order valence-electron chi connectivity index (χ4n) is 3.82. The molecule has 156 valence electrons. The van der Waals surface area contributed by atoms with Crippen molar-refractivity contribution in [3.8, 4) is 0 Å². The van der Waals surface area contributed by atoms with Gasteiger partial charge in [-0.2, -0.15) is 0 Å². The van der Waals surface area contributed by atoms with E-state index in [0.717, 1.165) is 11.1 Å². The third-order valence-electron chi connectivity index (χ3n) is 5.49. The summed E-state index contributed by atoms with van der Waals surface area (Å²) in [7, 11) is 1.77. The van der Waals surface area contributed by atoms with Gasteiger partial charge in [0.2, 0.25) is 11.8 Å². The molecule has 1 heterocycles. The van der Waals surface area contributed by atoms with Crippen LogP contribution < -0.4 is 0 Å². The van der Waals surface area contributed by atoms with E-state index in [2.05, 4.69) is 4.98 Å². The Balaban J connectivity index is 1.63. The monoisotopic (exact) mass is 412 g/mol. The Morgan fingerprint density at radius 1 is 0.871 bits per heavy atom. The van der Waals surface area contributed by atoms with Crippen LogP contribution in [0.15, 0.2) is 89.3 Å². The maximum Gasteiger partial charge on any atom is 0.224 e. The van der Waals surface area contributed by atoms with Crippen LogP contribution in [-0.4, -0.2) is 28.6 Å². The highest BCUT2D eigenvalue weighted by Gasteiger charge is 2.30. The van der Waals surface area contributed by atoms with Crippen LogP contribution in [0.5, 0.6) is 0 Å². The van der Waals surface area contributed by atoms with Crippen molar-refractivity contribution in [1.82, 2.24) is 9.88 Å². The van der Waals surface area contributed by atoms with Crippen LogP contribution in [0.25, 0.3) is 11.1 Å². The number of nitrogens with zero attached hydrogens (tertiary/aromatic N) is 2. The van der Waals surface area contributed by atoms with E-state index >= 15 is 0 Å². The summed E-state index contributed by atoms with van der Waals surface area (Å²) in [5, 5.41) is 0. The van der Waals surface area contributed by atoms with E-state index in [1.807, 2.05) is 78.9 Å². The van der Waals surface area contributed by atoms with E-state index in [0.29, 0.717) is 11.1 Å². The molecule has 1 aromatic heterocycles. The van der Waals surface area contributed by atoms with E-state index in [-0.39, 0.29) is 30.0 Å². The van der Waals surface area contributed by atoms with Crippen LogP contribution in [-0.2, 0) is 9.59 Å². The van der Waals surface area contributed by atoms with Crippen LogP contribution in [0.3, 0.4) is 0 Å². The summed E-state index contributed by atoms with van der Waals surface area (Å²) < 4.78 is 5.80. The molecule has 4 rings (SSSR count). The van der Waals surface area contributed by atoms with Gasteiger partial charge in [0, 0.05) is 13.5 Å². The average molecular weight is 412 g/mol. The summed E-state index contributed by atoms with van der Waals surface area (Å²) in [5.74, 6) is -0.745. The molecular formula is C26H24N2O3. The van der Waals surface area contributed by atoms with Crippen molar-refractivity contribution < 1.29 is 14.0 Å². The zero-order chi connectivity index (χ0) is 21.8. The fraction of sp³-hybridized carbons (Fsp3) is 0.192. The van der Waals surface area contributed by atoms with Crippen molar-refractivity contribution in [2.24, 2.45) is 0 Å². The molecule has 1 atom stereocenters. The number of oxazole rings is 1. The number of ketones is 1. The van der Waals surface area contributed by atoms with Gasteiger partial charge in [0.1, 0.15) is 17.2 Å². The first-order valence-corrected chi connectivity index (χ1v) is 10.3. The van der Waals surface area contributed by atoms with Crippen molar-refractivity contribution in [2.75, 3.05) is 7.05 Å². The number of rotatable bonds is 7. The van der Waals surface area contributed by atoms with Gasteiger partial charge in [-0.25, -0.2) is 4.98 Å². The molecule has 0 saturated heterocycles. The molecule has 1 amide bonds. The molecule has 5 nitrogen and oxygen atoms in total. The molecule has 0 aliphatic heterocycles. The predicted octanol–water partition coefficient (Wildman–Crippen LogP) is 5.14. The van der Waals surface area contributed by atoms with Gasteiger partial charge in [-0.3, -0.25) is 9.59 Å². The third-order valence-corrected chi connectivity index (χ3v) is 5.49. The second-order valence-corrected chi connectivity index (χ2v) is 7.62. The zero-order valence-electron chi connectivity index (χ0n) is 17.6. The number of para-hydroxylation sites is 2. The first-order valence-electron chi connectivity index (χ1n) is 10.3. The van der Waals surface area contributed by atoms with Gasteiger partial charge in [0.15, 0.2) is 5.58 Å². The predicted molar refractivity (Wildman–Crippen MR) is 120 cm³/mol. The Morgan fingerprint density at radius 2 is 1.42 bits per heavy atom. The molecule has 0 aliphatic carbocycles. The van der Waals surface area contributed by atoms with Crippen LogP contribution in [0.2, 0.25) is 0 Å². The summed E-state index contributed by atoms with van der Waals surface area (Å²) >= 11 is 0. The summed E-state index contributed by atoms with van der Waals surface area (Å²) in [5.41, 5.74) is 3.29. The van der Waals surface area contributed by atoms with Gasteiger partial charge in [0.25, 0.3) is 0 Å². The minimum absolute atomic E-state index is 0.00514. The molecule has 5 heteroatoms. The number of Topliss-reactive ketones (excluding diaryl/α,β-unsaturated/α-hetero) is 1. The molecule has 0 radical (unpaired) electrons. The van der Waals surface area contributed by atoms with E-state index in [4.69, 9.17) is 4.42 Å². The molecule has 0 fully saturated rings. The van der Waals surface area contributed by atoms with Crippen LogP contribution in [0.1, 0.15) is 42.3 Å². The van der Waals surface area contributed by atoms with Crippen molar-refractivity contribution in [3.63, 3.8) is 0 Å². The molecule has 1 unspecified atom stereocenters. The van der Waals surface area contributed by atoms with Crippen molar-refractivity contribution in [3.05, 3.63) is 102 Å². The molecule has 0 N–H and O–H groups in total. The van der Waals surface area contributed by atoms with E-state index in [1.54, 1.807) is 18.0 Å². The van der Waals surface area contributed by atoms with Crippen LogP contribution in [0.4, 0.5) is 0 Å².